The lowest BCUT2D eigenvalue weighted by molar-refractivity contribution is 0.864. The highest BCUT2D eigenvalue weighted by atomic mass is 15.3. The Morgan fingerprint density at radius 3 is 2.43 bits per heavy atom. The molecule has 7 heteroatoms. The normalized spacial score (nSPS) is 10.6. The quantitative estimate of drug-likeness (QED) is 0.577. The molecule has 4 rings (SSSR count). The number of pyridine rings is 1. The molecule has 4 heterocycles. The molecular formula is C16H11N7. The maximum Gasteiger partial charge on any atom is 0.178 e. The van der Waals surface area contributed by atoms with Gasteiger partial charge in [0.2, 0.25) is 0 Å². The first-order chi connectivity index (χ1) is 11.4. The molecule has 0 saturated heterocycles. The Balaban J connectivity index is 1.71. The van der Waals surface area contributed by atoms with Crippen LogP contribution < -0.4 is 0 Å². The van der Waals surface area contributed by atoms with E-state index in [1.807, 2.05) is 24.4 Å². The fourth-order valence-corrected chi connectivity index (χ4v) is 2.16. The molecule has 0 unspecified atom stereocenters. The predicted octanol–water partition coefficient (Wildman–Crippen LogP) is 2.18. The van der Waals surface area contributed by atoms with Crippen molar-refractivity contribution in [1.82, 2.24) is 34.7 Å². The third-order valence-corrected chi connectivity index (χ3v) is 3.23. The minimum Gasteiger partial charge on any atom is -0.244 e. The van der Waals surface area contributed by atoms with Crippen molar-refractivity contribution < 1.29 is 0 Å². The van der Waals surface area contributed by atoms with Gasteiger partial charge in [0.15, 0.2) is 5.82 Å². The van der Waals surface area contributed by atoms with Crippen molar-refractivity contribution in [1.29, 1.82) is 0 Å². The lowest BCUT2D eigenvalue weighted by Gasteiger charge is -2.01. The van der Waals surface area contributed by atoms with Crippen molar-refractivity contribution in [2.45, 2.75) is 0 Å². The molecule has 0 aromatic carbocycles. The van der Waals surface area contributed by atoms with Crippen LogP contribution in [0.2, 0.25) is 0 Å². The van der Waals surface area contributed by atoms with Gasteiger partial charge in [0.05, 0.1) is 24.3 Å². The predicted molar refractivity (Wildman–Crippen MR) is 83.4 cm³/mol. The largest absolute Gasteiger partial charge is 0.244 e. The Labute approximate surface area is 131 Å². The summed E-state index contributed by atoms with van der Waals surface area (Å²) in [5, 5.41) is 4.33. The summed E-state index contributed by atoms with van der Waals surface area (Å²) in [6.45, 7) is 0. The molecule has 0 aliphatic carbocycles. The molecule has 0 bridgehead atoms. The van der Waals surface area contributed by atoms with Gasteiger partial charge in [0, 0.05) is 24.2 Å². The van der Waals surface area contributed by atoms with Crippen LogP contribution in [0.4, 0.5) is 0 Å². The molecule has 110 valence electrons. The van der Waals surface area contributed by atoms with Crippen molar-refractivity contribution in [2.75, 3.05) is 0 Å². The van der Waals surface area contributed by atoms with Gasteiger partial charge < -0.3 is 0 Å². The number of nitrogens with zero attached hydrogens (tertiary/aromatic N) is 7. The second-order valence-corrected chi connectivity index (χ2v) is 4.75. The lowest BCUT2D eigenvalue weighted by Crippen LogP contribution is -1.95. The van der Waals surface area contributed by atoms with Gasteiger partial charge in [-0.25, -0.2) is 29.6 Å². The maximum atomic E-state index is 4.61. The second kappa shape index (κ2) is 5.72. The summed E-state index contributed by atoms with van der Waals surface area (Å²) < 4.78 is 1.71. The molecule has 0 fully saturated rings. The zero-order valence-electron chi connectivity index (χ0n) is 12.0. The topological polar surface area (TPSA) is 82.3 Å². The molecule has 4 aromatic rings. The van der Waals surface area contributed by atoms with E-state index in [9.17, 15) is 0 Å². The Kier molecular flexibility index (Phi) is 3.28. The van der Waals surface area contributed by atoms with Crippen molar-refractivity contribution in [3.05, 3.63) is 67.8 Å². The van der Waals surface area contributed by atoms with E-state index >= 15 is 0 Å². The molecule has 0 aliphatic heterocycles. The van der Waals surface area contributed by atoms with Crippen LogP contribution in [0.3, 0.4) is 0 Å². The highest BCUT2D eigenvalue weighted by molar-refractivity contribution is 5.62. The zero-order valence-corrected chi connectivity index (χ0v) is 12.0. The van der Waals surface area contributed by atoms with Crippen molar-refractivity contribution in [3.8, 4) is 28.5 Å². The molecule has 23 heavy (non-hydrogen) atoms. The maximum absolute atomic E-state index is 4.61. The molecule has 0 aliphatic rings. The molecule has 0 radical (unpaired) electrons. The Morgan fingerprint density at radius 1 is 0.826 bits per heavy atom. The summed E-state index contributed by atoms with van der Waals surface area (Å²) in [5.41, 5.74) is 3.21. The monoisotopic (exact) mass is 301 g/mol. The van der Waals surface area contributed by atoms with Gasteiger partial charge in [-0.3, -0.25) is 0 Å². The number of rotatable bonds is 3. The number of hydrogen-bond donors (Lipinski definition) is 0. The summed E-state index contributed by atoms with van der Waals surface area (Å²) in [6.07, 6.45) is 11.9. The van der Waals surface area contributed by atoms with E-state index in [1.165, 1.54) is 6.33 Å². The van der Waals surface area contributed by atoms with E-state index in [-0.39, 0.29) is 0 Å². The standard InChI is InChI=1S/C16H11N7/c1-3-14(22-15(4-1)16-19-5-2-6-20-16)12-7-21-23(10-12)13-8-17-11-18-9-13/h1-11H. The SMILES string of the molecule is c1cnc(-c2cccc(-c3cnn(-c4cncnc4)c3)n2)nc1. The molecule has 0 atom stereocenters. The van der Waals surface area contributed by atoms with Gasteiger partial charge in [-0.15, -0.1) is 0 Å². The second-order valence-electron chi connectivity index (χ2n) is 4.75. The third kappa shape index (κ3) is 2.67. The lowest BCUT2D eigenvalue weighted by atomic mass is 10.2. The van der Waals surface area contributed by atoms with E-state index in [2.05, 4.69) is 30.0 Å². The van der Waals surface area contributed by atoms with E-state index in [1.54, 1.807) is 41.7 Å². The van der Waals surface area contributed by atoms with Gasteiger partial charge in [-0.05, 0) is 18.2 Å². The van der Waals surface area contributed by atoms with Crippen LogP contribution in [-0.2, 0) is 0 Å². The minimum absolute atomic E-state index is 0.596. The fourth-order valence-electron chi connectivity index (χ4n) is 2.16. The smallest absolute Gasteiger partial charge is 0.178 e. The van der Waals surface area contributed by atoms with Crippen LogP contribution in [0.1, 0.15) is 0 Å². The van der Waals surface area contributed by atoms with Gasteiger partial charge >= 0.3 is 0 Å². The van der Waals surface area contributed by atoms with Crippen LogP contribution in [-0.4, -0.2) is 34.7 Å². The van der Waals surface area contributed by atoms with Crippen LogP contribution in [0.25, 0.3) is 28.5 Å². The molecule has 7 nitrogen and oxygen atoms in total. The average Bonchev–Trinajstić information content (AvgIpc) is 3.14. The van der Waals surface area contributed by atoms with Gasteiger partial charge in [0.25, 0.3) is 0 Å². The van der Waals surface area contributed by atoms with Gasteiger partial charge in [0.1, 0.15) is 17.7 Å². The molecule has 4 aromatic heterocycles. The Hall–Kier alpha value is -3.48. The Morgan fingerprint density at radius 2 is 1.61 bits per heavy atom. The first-order valence-corrected chi connectivity index (χ1v) is 6.95. The van der Waals surface area contributed by atoms with Gasteiger partial charge in [-0.2, -0.15) is 5.10 Å². The summed E-state index contributed by atoms with van der Waals surface area (Å²) in [5.74, 6) is 0.596. The first kappa shape index (κ1) is 13.2. The first-order valence-electron chi connectivity index (χ1n) is 6.95. The highest BCUT2D eigenvalue weighted by Gasteiger charge is 2.08. The number of hydrogen-bond acceptors (Lipinski definition) is 6. The Bertz CT molecular complexity index is 919. The van der Waals surface area contributed by atoms with Crippen molar-refractivity contribution in [2.24, 2.45) is 0 Å². The van der Waals surface area contributed by atoms with E-state index in [4.69, 9.17) is 0 Å². The van der Waals surface area contributed by atoms with Crippen molar-refractivity contribution in [3.63, 3.8) is 0 Å². The summed E-state index contributed by atoms with van der Waals surface area (Å²) in [6, 6.07) is 7.51. The zero-order chi connectivity index (χ0) is 15.5. The van der Waals surface area contributed by atoms with Crippen LogP contribution in [0.5, 0.6) is 0 Å². The summed E-state index contributed by atoms with van der Waals surface area (Å²) in [4.78, 5) is 21.0. The van der Waals surface area contributed by atoms with Gasteiger partial charge in [-0.1, -0.05) is 6.07 Å². The molecule has 0 amide bonds. The van der Waals surface area contributed by atoms with Crippen molar-refractivity contribution >= 4 is 0 Å². The minimum atomic E-state index is 0.596. The summed E-state index contributed by atoms with van der Waals surface area (Å²) in [7, 11) is 0. The molecule has 0 N–H and O–H groups in total. The third-order valence-electron chi connectivity index (χ3n) is 3.23. The van der Waals surface area contributed by atoms with Crippen LogP contribution >= 0.6 is 0 Å². The molecule has 0 saturated carbocycles. The number of aromatic nitrogens is 7. The summed E-state index contributed by atoms with van der Waals surface area (Å²) >= 11 is 0. The van der Waals surface area contributed by atoms with E-state index < -0.39 is 0 Å². The van der Waals surface area contributed by atoms with E-state index in [0.29, 0.717) is 5.82 Å². The van der Waals surface area contributed by atoms with E-state index in [0.717, 1.165) is 22.6 Å². The fraction of sp³-hybridized carbons (Fsp3) is 0. The molecular weight excluding hydrogens is 290 g/mol. The van der Waals surface area contributed by atoms with Crippen LogP contribution in [0, 0.1) is 0 Å². The molecule has 0 spiro atoms. The highest BCUT2D eigenvalue weighted by Crippen LogP contribution is 2.20. The average molecular weight is 301 g/mol. The van der Waals surface area contributed by atoms with Crippen LogP contribution in [0.15, 0.2) is 67.8 Å².